The van der Waals surface area contributed by atoms with Crippen LogP contribution in [0.15, 0.2) is 0 Å². The van der Waals surface area contributed by atoms with Crippen LogP contribution in [-0.2, 0) is 4.79 Å². The summed E-state index contributed by atoms with van der Waals surface area (Å²) in [6.07, 6.45) is 1.01. The fourth-order valence-electron chi connectivity index (χ4n) is 1.40. The van der Waals surface area contributed by atoms with Gasteiger partial charge >= 0.3 is 0 Å². The highest BCUT2D eigenvalue weighted by Crippen LogP contribution is 1.99. The molecule has 1 amide bonds. The molecule has 4 heteroatoms. The highest BCUT2D eigenvalue weighted by atomic mass is 16.2. The van der Waals surface area contributed by atoms with Crippen LogP contribution in [0.3, 0.4) is 0 Å². The molecule has 4 nitrogen and oxygen atoms in total. The van der Waals surface area contributed by atoms with Crippen molar-refractivity contribution in [2.75, 3.05) is 40.3 Å². The minimum Gasteiger partial charge on any atom is -0.340 e. The number of carbonyl (C=O) groups excluding carboxylic acids is 1. The SMILES string of the molecule is CCCN(CCN(C)C)C(=O)CNC(C)(C)C. The molecule has 102 valence electrons. The number of carbonyl (C=O) groups is 1. The Kier molecular flexibility index (Phi) is 7.39. The van der Waals surface area contributed by atoms with Gasteiger partial charge in [0.25, 0.3) is 0 Å². The molecule has 0 heterocycles. The molecule has 0 rings (SSSR count). The molecule has 0 saturated heterocycles. The van der Waals surface area contributed by atoms with Crippen LogP contribution < -0.4 is 5.32 Å². The zero-order chi connectivity index (χ0) is 13.5. The first-order chi connectivity index (χ1) is 7.76. The number of rotatable bonds is 7. The Hall–Kier alpha value is -0.610. The second-order valence-electron chi connectivity index (χ2n) is 5.79. The van der Waals surface area contributed by atoms with Gasteiger partial charge in [0.05, 0.1) is 6.54 Å². The van der Waals surface area contributed by atoms with E-state index in [1.165, 1.54) is 0 Å². The van der Waals surface area contributed by atoms with E-state index in [1.807, 2.05) is 19.0 Å². The second kappa shape index (κ2) is 7.67. The summed E-state index contributed by atoms with van der Waals surface area (Å²) in [5.74, 6) is 0.198. The molecule has 0 aliphatic heterocycles. The highest BCUT2D eigenvalue weighted by Gasteiger charge is 2.16. The van der Waals surface area contributed by atoms with E-state index in [4.69, 9.17) is 0 Å². The average Bonchev–Trinajstić information content (AvgIpc) is 2.19. The standard InChI is InChI=1S/C13H29N3O/c1-7-8-16(10-9-15(5)6)12(17)11-14-13(2,3)4/h14H,7-11H2,1-6H3. The minimum atomic E-state index is -0.00487. The number of nitrogens with one attached hydrogen (secondary N) is 1. The largest absolute Gasteiger partial charge is 0.340 e. The molecular weight excluding hydrogens is 214 g/mol. The van der Waals surface area contributed by atoms with Crippen molar-refractivity contribution in [1.82, 2.24) is 15.1 Å². The van der Waals surface area contributed by atoms with Gasteiger partial charge in [-0.1, -0.05) is 6.92 Å². The van der Waals surface area contributed by atoms with Gasteiger partial charge in [-0.05, 0) is 41.3 Å². The van der Waals surface area contributed by atoms with Crippen LogP contribution >= 0.6 is 0 Å². The van der Waals surface area contributed by atoms with E-state index < -0.39 is 0 Å². The third-order valence-electron chi connectivity index (χ3n) is 2.43. The van der Waals surface area contributed by atoms with Gasteiger partial charge in [0.15, 0.2) is 0 Å². The van der Waals surface area contributed by atoms with Gasteiger partial charge in [0.1, 0.15) is 0 Å². The molecule has 0 aromatic heterocycles. The van der Waals surface area contributed by atoms with E-state index in [-0.39, 0.29) is 11.4 Å². The van der Waals surface area contributed by atoms with Crippen LogP contribution in [0.1, 0.15) is 34.1 Å². The summed E-state index contributed by atoms with van der Waals surface area (Å²) in [6.45, 7) is 11.3. The molecule has 0 saturated carbocycles. The van der Waals surface area contributed by atoms with Gasteiger partial charge in [-0.3, -0.25) is 4.79 Å². The van der Waals surface area contributed by atoms with Crippen molar-refractivity contribution in [2.45, 2.75) is 39.7 Å². The summed E-state index contributed by atoms with van der Waals surface area (Å²) in [4.78, 5) is 16.1. The molecule has 0 spiro atoms. The Morgan fingerprint density at radius 3 is 2.12 bits per heavy atom. The summed E-state index contributed by atoms with van der Waals surface area (Å²) in [6, 6.07) is 0. The lowest BCUT2D eigenvalue weighted by atomic mass is 10.1. The van der Waals surface area contributed by atoms with Crippen LogP contribution in [0.4, 0.5) is 0 Å². The highest BCUT2D eigenvalue weighted by molar-refractivity contribution is 5.78. The van der Waals surface area contributed by atoms with E-state index in [9.17, 15) is 4.79 Å². The van der Waals surface area contributed by atoms with Gasteiger partial charge in [-0.25, -0.2) is 0 Å². The molecule has 1 N–H and O–H groups in total. The first kappa shape index (κ1) is 16.4. The number of hydrogen-bond donors (Lipinski definition) is 1. The number of nitrogens with zero attached hydrogens (tertiary/aromatic N) is 2. The van der Waals surface area contributed by atoms with E-state index in [2.05, 4.69) is 37.9 Å². The molecular formula is C13H29N3O. The Bertz CT molecular complexity index is 221. The molecule has 0 radical (unpaired) electrons. The molecule has 0 bridgehead atoms. The smallest absolute Gasteiger partial charge is 0.236 e. The summed E-state index contributed by atoms with van der Waals surface area (Å²) >= 11 is 0. The molecule has 0 aromatic carbocycles. The summed E-state index contributed by atoms with van der Waals surface area (Å²) in [7, 11) is 4.06. The monoisotopic (exact) mass is 243 g/mol. The van der Waals surface area contributed by atoms with Gasteiger partial charge in [-0.15, -0.1) is 0 Å². The lowest BCUT2D eigenvalue weighted by Crippen LogP contribution is -2.46. The van der Waals surface area contributed by atoms with Crippen LogP contribution in [0.2, 0.25) is 0 Å². The Labute approximate surface area is 106 Å². The normalized spacial score (nSPS) is 11.9. The third kappa shape index (κ3) is 9.12. The van der Waals surface area contributed by atoms with Crippen molar-refractivity contribution in [2.24, 2.45) is 0 Å². The fraction of sp³-hybridized carbons (Fsp3) is 0.923. The molecule has 0 unspecified atom stereocenters. The van der Waals surface area contributed by atoms with Crippen molar-refractivity contribution in [3.05, 3.63) is 0 Å². The van der Waals surface area contributed by atoms with Crippen molar-refractivity contribution in [3.63, 3.8) is 0 Å². The molecule has 0 atom stereocenters. The molecule has 0 aromatic rings. The first-order valence-electron chi connectivity index (χ1n) is 6.44. The zero-order valence-corrected chi connectivity index (χ0v) is 12.3. The Balaban J connectivity index is 4.14. The maximum atomic E-state index is 12.0. The fourth-order valence-corrected chi connectivity index (χ4v) is 1.40. The zero-order valence-electron chi connectivity index (χ0n) is 12.3. The summed E-state index contributed by atoms with van der Waals surface area (Å²) in [5, 5.41) is 3.24. The lowest BCUT2D eigenvalue weighted by molar-refractivity contribution is -0.130. The van der Waals surface area contributed by atoms with Crippen molar-refractivity contribution in [1.29, 1.82) is 0 Å². The lowest BCUT2D eigenvalue weighted by Gasteiger charge is -2.26. The van der Waals surface area contributed by atoms with E-state index in [0.717, 1.165) is 26.1 Å². The van der Waals surface area contributed by atoms with Crippen molar-refractivity contribution < 1.29 is 4.79 Å². The predicted molar refractivity (Wildman–Crippen MR) is 73.2 cm³/mol. The van der Waals surface area contributed by atoms with Crippen LogP contribution in [0.5, 0.6) is 0 Å². The Morgan fingerprint density at radius 2 is 1.71 bits per heavy atom. The quantitative estimate of drug-likeness (QED) is 0.729. The minimum absolute atomic E-state index is 0.00487. The molecule has 0 fully saturated rings. The topological polar surface area (TPSA) is 35.6 Å². The van der Waals surface area contributed by atoms with E-state index in [0.29, 0.717) is 6.54 Å². The first-order valence-corrected chi connectivity index (χ1v) is 6.44. The molecule has 0 aliphatic carbocycles. The van der Waals surface area contributed by atoms with E-state index in [1.54, 1.807) is 0 Å². The summed E-state index contributed by atoms with van der Waals surface area (Å²) < 4.78 is 0. The average molecular weight is 243 g/mol. The van der Waals surface area contributed by atoms with Crippen molar-refractivity contribution in [3.8, 4) is 0 Å². The van der Waals surface area contributed by atoms with Crippen LogP contribution in [0.25, 0.3) is 0 Å². The Morgan fingerprint density at radius 1 is 1.12 bits per heavy atom. The van der Waals surface area contributed by atoms with Gasteiger partial charge in [0.2, 0.25) is 5.91 Å². The molecule has 0 aliphatic rings. The van der Waals surface area contributed by atoms with Crippen LogP contribution in [-0.4, -0.2) is 61.5 Å². The van der Waals surface area contributed by atoms with Gasteiger partial charge < -0.3 is 15.1 Å². The summed E-state index contributed by atoms with van der Waals surface area (Å²) in [5.41, 5.74) is -0.00487. The third-order valence-corrected chi connectivity index (χ3v) is 2.43. The van der Waals surface area contributed by atoms with Gasteiger partial charge in [0, 0.05) is 25.2 Å². The number of likely N-dealkylation sites (N-methyl/N-ethyl adjacent to an activating group) is 1. The van der Waals surface area contributed by atoms with Gasteiger partial charge in [-0.2, -0.15) is 0 Å². The van der Waals surface area contributed by atoms with E-state index >= 15 is 0 Å². The molecule has 17 heavy (non-hydrogen) atoms. The van der Waals surface area contributed by atoms with Crippen molar-refractivity contribution >= 4 is 5.91 Å². The predicted octanol–water partition coefficient (Wildman–Crippen LogP) is 1.17. The maximum absolute atomic E-state index is 12.0. The second-order valence-corrected chi connectivity index (χ2v) is 5.79. The number of amides is 1. The maximum Gasteiger partial charge on any atom is 0.236 e. The van der Waals surface area contributed by atoms with Crippen LogP contribution in [0, 0.1) is 0 Å². The number of hydrogen-bond acceptors (Lipinski definition) is 3.